The Labute approximate surface area is 200 Å². The molecular weight excluding hydrogens is 454 g/mol. The van der Waals surface area contributed by atoms with Gasteiger partial charge in [-0.15, -0.1) is 33.3 Å². The molecule has 1 unspecified atom stereocenters. The van der Waals surface area contributed by atoms with Crippen LogP contribution in [0.4, 0.5) is 0 Å². The molecule has 7 nitrogen and oxygen atoms in total. The molecule has 1 atom stereocenters. The topological polar surface area (TPSA) is 72.6 Å². The average Bonchev–Trinajstić information content (AvgIpc) is 3.49. The molecular formula is C24H25N5O2S2. The predicted molar refractivity (Wildman–Crippen MR) is 130 cm³/mol. The van der Waals surface area contributed by atoms with Gasteiger partial charge in [-0.3, -0.25) is 14.4 Å². The van der Waals surface area contributed by atoms with Gasteiger partial charge in [-0.25, -0.2) is 0 Å². The Bertz CT molecular complexity index is 1270. The van der Waals surface area contributed by atoms with Crippen LogP contribution in [0.5, 0.6) is 0 Å². The molecule has 1 aliphatic carbocycles. The van der Waals surface area contributed by atoms with Gasteiger partial charge in [-0.1, -0.05) is 18.2 Å². The number of thiophene rings is 1. The normalized spacial score (nSPS) is 19.5. The highest BCUT2D eigenvalue weighted by atomic mass is 32.2. The van der Waals surface area contributed by atoms with E-state index in [0.29, 0.717) is 32.8 Å². The van der Waals surface area contributed by atoms with E-state index < -0.39 is 0 Å². The molecule has 4 heterocycles. The van der Waals surface area contributed by atoms with Crippen LogP contribution < -0.4 is 0 Å². The van der Waals surface area contributed by atoms with Gasteiger partial charge in [-0.2, -0.15) is 0 Å². The van der Waals surface area contributed by atoms with Gasteiger partial charge >= 0.3 is 0 Å². The van der Waals surface area contributed by atoms with Crippen molar-refractivity contribution in [1.82, 2.24) is 19.7 Å². The lowest BCUT2D eigenvalue weighted by Crippen LogP contribution is -2.44. The molecule has 0 bridgehead atoms. The molecule has 170 valence electrons. The van der Waals surface area contributed by atoms with Crippen LogP contribution in [0.2, 0.25) is 0 Å². The van der Waals surface area contributed by atoms with Gasteiger partial charge in [-0.05, 0) is 37.7 Å². The van der Waals surface area contributed by atoms with Crippen molar-refractivity contribution in [3.8, 4) is 5.00 Å². The number of ether oxygens (including phenoxy) is 1. The number of amides is 1. The summed E-state index contributed by atoms with van der Waals surface area (Å²) in [5, 5.41) is 9.88. The van der Waals surface area contributed by atoms with E-state index in [0.717, 1.165) is 46.3 Å². The summed E-state index contributed by atoms with van der Waals surface area (Å²) in [6, 6.07) is 8.45. The molecule has 0 N–H and O–H groups in total. The maximum absolute atomic E-state index is 13.3. The molecule has 3 aromatic rings. The zero-order valence-electron chi connectivity index (χ0n) is 18.7. The number of hydrogen-bond donors (Lipinski definition) is 0. The number of nitrogens with zero attached hydrogens (tertiary/aromatic N) is 5. The second-order valence-electron chi connectivity index (χ2n) is 8.59. The molecule has 6 rings (SSSR count). The Balaban J connectivity index is 1.46. The summed E-state index contributed by atoms with van der Waals surface area (Å²) >= 11 is 3.51. The molecule has 1 amide bonds. The van der Waals surface area contributed by atoms with Crippen LogP contribution in [-0.4, -0.2) is 63.8 Å². The van der Waals surface area contributed by atoms with Gasteiger partial charge in [0.15, 0.2) is 5.82 Å². The number of carbonyl (C=O) groups excluding carboxylic acids is 1. The minimum absolute atomic E-state index is 0.00331. The molecule has 33 heavy (non-hydrogen) atoms. The average molecular weight is 480 g/mol. The zero-order chi connectivity index (χ0) is 22.5. The van der Waals surface area contributed by atoms with Gasteiger partial charge < -0.3 is 9.64 Å². The predicted octanol–water partition coefficient (Wildman–Crippen LogP) is 3.28. The maximum atomic E-state index is 13.3. The Morgan fingerprint density at radius 1 is 1.18 bits per heavy atom. The van der Waals surface area contributed by atoms with E-state index in [1.807, 2.05) is 11.8 Å². The lowest BCUT2D eigenvalue weighted by Gasteiger charge is -2.29. The number of thioether (sulfide) groups is 1. The molecule has 0 saturated carbocycles. The third-order valence-electron chi connectivity index (χ3n) is 6.70. The number of hydrogen-bond acceptors (Lipinski definition) is 7. The number of rotatable bonds is 3. The monoisotopic (exact) mass is 479 g/mol. The largest absolute Gasteiger partial charge is 0.378 e. The van der Waals surface area contributed by atoms with Crippen molar-refractivity contribution in [2.45, 2.75) is 31.2 Å². The minimum atomic E-state index is -0.00331. The number of aromatic nitrogens is 3. The highest BCUT2D eigenvalue weighted by molar-refractivity contribution is 7.98. The molecule has 1 fully saturated rings. The highest BCUT2D eigenvalue weighted by Crippen LogP contribution is 2.44. The van der Waals surface area contributed by atoms with Gasteiger partial charge in [0.1, 0.15) is 17.4 Å². The Morgan fingerprint density at radius 2 is 2.00 bits per heavy atom. The molecule has 1 aromatic carbocycles. The van der Waals surface area contributed by atoms with E-state index in [9.17, 15) is 4.79 Å². The number of morpholine rings is 1. The SMILES string of the molecule is CSc1ccccc1C1=NCc2nnc(C)n2-c2sc3c(c21)CC(C(=O)N1CCOCC1)C3. The van der Waals surface area contributed by atoms with Gasteiger partial charge in [0.25, 0.3) is 0 Å². The summed E-state index contributed by atoms with van der Waals surface area (Å²) in [6.45, 7) is 5.14. The van der Waals surface area contributed by atoms with Crippen molar-refractivity contribution in [1.29, 1.82) is 0 Å². The number of carbonyl (C=O) groups is 1. The minimum Gasteiger partial charge on any atom is -0.378 e. The first-order valence-corrected chi connectivity index (χ1v) is 13.3. The van der Waals surface area contributed by atoms with E-state index in [1.54, 1.807) is 23.1 Å². The summed E-state index contributed by atoms with van der Waals surface area (Å²) < 4.78 is 7.61. The molecule has 2 aromatic heterocycles. The maximum Gasteiger partial charge on any atom is 0.226 e. The Kier molecular flexibility index (Phi) is 5.35. The summed E-state index contributed by atoms with van der Waals surface area (Å²) in [5.41, 5.74) is 4.59. The van der Waals surface area contributed by atoms with Crippen LogP contribution in [0.3, 0.4) is 0 Å². The van der Waals surface area contributed by atoms with Crippen molar-refractivity contribution in [2.75, 3.05) is 32.6 Å². The third kappa shape index (κ3) is 3.45. The second kappa shape index (κ2) is 8.38. The van der Waals surface area contributed by atoms with Gasteiger partial charge in [0, 0.05) is 39.9 Å². The van der Waals surface area contributed by atoms with Crippen LogP contribution in [0.15, 0.2) is 34.2 Å². The molecule has 1 saturated heterocycles. The first-order chi connectivity index (χ1) is 16.2. The molecule has 3 aliphatic rings. The summed E-state index contributed by atoms with van der Waals surface area (Å²) in [4.78, 5) is 22.8. The summed E-state index contributed by atoms with van der Waals surface area (Å²) in [6.07, 6.45) is 3.65. The fourth-order valence-corrected chi connectivity index (χ4v) is 7.18. The van der Waals surface area contributed by atoms with Crippen molar-refractivity contribution < 1.29 is 9.53 Å². The van der Waals surface area contributed by atoms with Crippen LogP contribution in [0, 0.1) is 12.8 Å². The van der Waals surface area contributed by atoms with E-state index in [1.165, 1.54) is 15.3 Å². The van der Waals surface area contributed by atoms with Crippen LogP contribution in [-0.2, 0) is 28.9 Å². The highest BCUT2D eigenvalue weighted by Gasteiger charge is 2.38. The standard InChI is InChI=1S/C24H25N5O2S2/c1-14-26-27-20-13-25-22(16-5-3-4-6-18(16)32-2)21-17-11-15(12-19(17)33-24(21)29(14)20)23(30)28-7-9-31-10-8-28/h3-6,15H,7-13H2,1-2H3. The van der Waals surface area contributed by atoms with Crippen LogP contribution in [0.25, 0.3) is 5.00 Å². The molecule has 0 radical (unpaired) electrons. The van der Waals surface area contributed by atoms with E-state index in [-0.39, 0.29) is 11.8 Å². The molecule has 9 heteroatoms. The number of benzene rings is 1. The smallest absolute Gasteiger partial charge is 0.226 e. The fourth-order valence-electron chi connectivity index (χ4n) is 5.10. The van der Waals surface area contributed by atoms with Crippen LogP contribution in [0.1, 0.15) is 33.2 Å². The fraction of sp³-hybridized carbons (Fsp3) is 0.417. The van der Waals surface area contributed by atoms with E-state index in [2.05, 4.69) is 45.3 Å². The third-order valence-corrected chi connectivity index (χ3v) is 8.73. The van der Waals surface area contributed by atoms with Crippen molar-refractivity contribution >= 4 is 34.7 Å². The van der Waals surface area contributed by atoms with Gasteiger partial charge in [0.2, 0.25) is 5.91 Å². The number of fused-ring (bicyclic) bond motifs is 5. The Hall–Kier alpha value is -2.49. The quantitative estimate of drug-likeness (QED) is 0.539. The first kappa shape index (κ1) is 21.1. The van der Waals surface area contributed by atoms with E-state index >= 15 is 0 Å². The van der Waals surface area contributed by atoms with Crippen molar-refractivity contribution in [2.24, 2.45) is 10.9 Å². The number of aryl methyl sites for hydroxylation is 1. The molecule has 2 aliphatic heterocycles. The first-order valence-electron chi connectivity index (χ1n) is 11.3. The van der Waals surface area contributed by atoms with E-state index in [4.69, 9.17) is 9.73 Å². The number of aliphatic imine (C=N–C) groups is 1. The van der Waals surface area contributed by atoms with Gasteiger partial charge in [0.05, 0.1) is 18.9 Å². The summed E-state index contributed by atoms with van der Waals surface area (Å²) in [7, 11) is 0. The zero-order valence-corrected chi connectivity index (χ0v) is 20.3. The van der Waals surface area contributed by atoms with Crippen molar-refractivity contribution in [3.63, 3.8) is 0 Å². The lowest BCUT2D eigenvalue weighted by molar-refractivity contribution is -0.139. The van der Waals surface area contributed by atoms with Crippen molar-refractivity contribution in [3.05, 3.63) is 57.5 Å². The van der Waals surface area contributed by atoms with Crippen LogP contribution >= 0.6 is 23.1 Å². The summed E-state index contributed by atoms with van der Waals surface area (Å²) in [5.74, 6) is 2.00. The molecule has 0 spiro atoms. The second-order valence-corrected chi connectivity index (χ2v) is 10.5. The lowest BCUT2D eigenvalue weighted by atomic mass is 9.97. The Morgan fingerprint density at radius 3 is 2.82 bits per heavy atom.